The van der Waals surface area contributed by atoms with E-state index in [2.05, 4.69) is 5.32 Å². The summed E-state index contributed by atoms with van der Waals surface area (Å²) < 4.78 is 26.1. The first-order valence-corrected chi connectivity index (χ1v) is 11.1. The normalized spacial score (nSPS) is 18.6. The Labute approximate surface area is 149 Å². The Bertz CT molecular complexity index is 620. The molecule has 1 saturated heterocycles. The lowest BCUT2D eigenvalue weighted by Crippen LogP contribution is -2.47. The van der Waals surface area contributed by atoms with E-state index in [0.717, 1.165) is 23.5 Å². The Morgan fingerprint density at radius 1 is 1.33 bits per heavy atom. The molecule has 1 atom stereocenters. The van der Waals surface area contributed by atoms with Crippen molar-refractivity contribution in [3.05, 3.63) is 30.3 Å². The predicted molar refractivity (Wildman–Crippen MR) is 98.6 cm³/mol. The smallest absolute Gasteiger partial charge is 0.238 e. The minimum absolute atomic E-state index is 0.136. The molecule has 1 fully saturated rings. The fourth-order valence-corrected chi connectivity index (χ4v) is 5.43. The van der Waals surface area contributed by atoms with Crippen molar-refractivity contribution in [3.8, 4) is 0 Å². The Hall–Kier alpha value is -1.05. The molecule has 2 rings (SSSR count). The Kier molecular flexibility index (Phi) is 7.58. The molecule has 7 heteroatoms. The molecule has 1 unspecified atom stereocenters. The second-order valence-corrected chi connectivity index (χ2v) is 9.10. The fraction of sp³-hybridized carbons (Fsp3) is 0.588. The highest BCUT2D eigenvalue weighted by Gasteiger charge is 2.37. The third kappa shape index (κ3) is 5.50. The van der Waals surface area contributed by atoms with Gasteiger partial charge in [-0.25, -0.2) is 8.42 Å². The van der Waals surface area contributed by atoms with Gasteiger partial charge in [0, 0.05) is 23.7 Å². The van der Waals surface area contributed by atoms with Crippen molar-refractivity contribution in [2.24, 2.45) is 0 Å². The highest BCUT2D eigenvalue weighted by molar-refractivity contribution is 7.99. The summed E-state index contributed by atoms with van der Waals surface area (Å²) in [5, 5.41) is 2.89. The van der Waals surface area contributed by atoms with Crippen LogP contribution in [0.1, 0.15) is 32.6 Å². The summed E-state index contributed by atoms with van der Waals surface area (Å²) >= 11 is 1.68. The maximum atomic E-state index is 12.4. The van der Waals surface area contributed by atoms with Gasteiger partial charge in [-0.3, -0.25) is 4.79 Å². The van der Waals surface area contributed by atoms with Crippen LogP contribution in [-0.2, 0) is 14.8 Å². The van der Waals surface area contributed by atoms with Crippen LogP contribution in [-0.4, -0.2) is 49.3 Å². The van der Waals surface area contributed by atoms with E-state index in [1.54, 1.807) is 11.8 Å². The van der Waals surface area contributed by atoms with Gasteiger partial charge in [-0.1, -0.05) is 31.5 Å². The molecular weight excluding hydrogens is 344 g/mol. The Balaban J connectivity index is 1.80. The summed E-state index contributed by atoms with van der Waals surface area (Å²) in [5.41, 5.74) is 0. The van der Waals surface area contributed by atoms with E-state index in [1.165, 1.54) is 4.31 Å². The Morgan fingerprint density at radius 2 is 2.08 bits per heavy atom. The van der Waals surface area contributed by atoms with Crippen molar-refractivity contribution in [2.45, 2.75) is 43.5 Å². The van der Waals surface area contributed by atoms with Crippen LogP contribution in [0.4, 0.5) is 0 Å². The topological polar surface area (TPSA) is 66.5 Å². The lowest BCUT2D eigenvalue weighted by Gasteiger charge is -2.23. The van der Waals surface area contributed by atoms with Gasteiger partial charge in [-0.05, 0) is 31.4 Å². The predicted octanol–water partition coefficient (Wildman–Crippen LogP) is 2.49. The van der Waals surface area contributed by atoms with Crippen LogP contribution in [0.15, 0.2) is 35.2 Å². The summed E-state index contributed by atoms with van der Waals surface area (Å²) in [5.74, 6) is 0.739. The van der Waals surface area contributed by atoms with Crippen LogP contribution in [0, 0.1) is 0 Å². The van der Waals surface area contributed by atoms with E-state index >= 15 is 0 Å². The summed E-state index contributed by atoms with van der Waals surface area (Å²) in [6.07, 6.45) is 2.84. The number of unbranched alkanes of at least 4 members (excludes halogenated alkanes) is 1. The van der Waals surface area contributed by atoms with Crippen LogP contribution in [0.5, 0.6) is 0 Å². The third-order valence-electron chi connectivity index (χ3n) is 4.03. The van der Waals surface area contributed by atoms with E-state index in [1.807, 2.05) is 37.3 Å². The number of nitrogens with one attached hydrogen (secondary N) is 1. The van der Waals surface area contributed by atoms with Crippen LogP contribution in [0.25, 0.3) is 0 Å². The van der Waals surface area contributed by atoms with Crippen LogP contribution in [0.3, 0.4) is 0 Å². The maximum absolute atomic E-state index is 12.4. The number of hydrogen-bond donors (Lipinski definition) is 1. The van der Waals surface area contributed by atoms with Crippen molar-refractivity contribution in [1.29, 1.82) is 0 Å². The average Bonchev–Trinajstić information content (AvgIpc) is 3.08. The van der Waals surface area contributed by atoms with Crippen molar-refractivity contribution in [2.75, 3.05) is 24.6 Å². The van der Waals surface area contributed by atoms with Crippen LogP contribution < -0.4 is 5.32 Å². The quantitative estimate of drug-likeness (QED) is 0.536. The largest absolute Gasteiger partial charge is 0.354 e. The number of sulfonamides is 1. The van der Waals surface area contributed by atoms with Crippen molar-refractivity contribution < 1.29 is 13.2 Å². The summed E-state index contributed by atoms with van der Waals surface area (Å²) in [7, 11) is -3.32. The minimum atomic E-state index is -3.32. The lowest BCUT2D eigenvalue weighted by molar-refractivity contribution is -0.124. The fourth-order valence-electron chi connectivity index (χ4n) is 2.76. The second-order valence-electron chi connectivity index (χ2n) is 5.89. The molecule has 0 aromatic heterocycles. The number of carbonyl (C=O) groups is 1. The van der Waals surface area contributed by atoms with E-state index in [4.69, 9.17) is 0 Å². The van der Waals surface area contributed by atoms with Gasteiger partial charge in [0.05, 0.1) is 5.75 Å². The summed E-state index contributed by atoms with van der Waals surface area (Å²) in [6, 6.07) is 9.47. The first-order chi connectivity index (χ1) is 11.5. The van der Waals surface area contributed by atoms with Gasteiger partial charge in [0.25, 0.3) is 0 Å². The monoisotopic (exact) mass is 370 g/mol. The Morgan fingerprint density at radius 3 is 2.79 bits per heavy atom. The minimum Gasteiger partial charge on any atom is -0.354 e. The molecule has 1 aliphatic rings. The molecule has 1 heterocycles. The molecule has 24 heavy (non-hydrogen) atoms. The molecule has 0 saturated carbocycles. The molecule has 134 valence electrons. The van der Waals surface area contributed by atoms with Crippen molar-refractivity contribution >= 4 is 27.7 Å². The van der Waals surface area contributed by atoms with Gasteiger partial charge >= 0.3 is 0 Å². The highest BCUT2D eigenvalue weighted by atomic mass is 32.2. The molecule has 5 nitrogen and oxygen atoms in total. The molecule has 1 amide bonds. The number of nitrogens with zero attached hydrogens (tertiary/aromatic N) is 1. The molecule has 0 bridgehead atoms. The highest BCUT2D eigenvalue weighted by Crippen LogP contribution is 2.22. The second kappa shape index (κ2) is 9.44. The maximum Gasteiger partial charge on any atom is 0.238 e. The lowest BCUT2D eigenvalue weighted by atomic mass is 10.2. The van der Waals surface area contributed by atoms with Gasteiger partial charge in [0.1, 0.15) is 6.04 Å². The van der Waals surface area contributed by atoms with E-state index in [-0.39, 0.29) is 11.7 Å². The number of amides is 1. The zero-order valence-corrected chi connectivity index (χ0v) is 15.7. The molecule has 1 aliphatic heterocycles. The molecule has 1 N–H and O–H groups in total. The number of carbonyl (C=O) groups excluding carboxylic acids is 1. The first-order valence-electron chi connectivity index (χ1n) is 8.49. The van der Waals surface area contributed by atoms with E-state index in [9.17, 15) is 13.2 Å². The van der Waals surface area contributed by atoms with Gasteiger partial charge < -0.3 is 5.32 Å². The van der Waals surface area contributed by atoms with Gasteiger partial charge in [-0.2, -0.15) is 4.31 Å². The van der Waals surface area contributed by atoms with Gasteiger partial charge in [-0.15, -0.1) is 11.8 Å². The standard InChI is InChI=1S/C17H26N2O3S2/c1-2-3-14-24(21,22)19-12-7-10-16(19)17(20)18-11-13-23-15-8-5-4-6-9-15/h4-6,8-9,16H,2-3,7,10-14H2,1H3,(H,18,20). The zero-order valence-electron chi connectivity index (χ0n) is 14.1. The number of rotatable bonds is 9. The summed E-state index contributed by atoms with van der Waals surface area (Å²) in [6.45, 7) is 2.97. The van der Waals surface area contributed by atoms with Crippen LogP contribution >= 0.6 is 11.8 Å². The van der Waals surface area contributed by atoms with Gasteiger partial charge in [0.15, 0.2) is 0 Å². The molecule has 0 aliphatic carbocycles. The number of hydrogen-bond acceptors (Lipinski definition) is 4. The van der Waals surface area contributed by atoms with Gasteiger partial charge in [0.2, 0.25) is 15.9 Å². The third-order valence-corrected chi connectivity index (χ3v) is 7.00. The van der Waals surface area contributed by atoms with Crippen molar-refractivity contribution in [3.63, 3.8) is 0 Å². The SMILES string of the molecule is CCCCS(=O)(=O)N1CCCC1C(=O)NCCSc1ccccc1. The molecule has 1 aromatic carbocycles. The molecule has 1 aromatic rings. The van der Waals surface area contributed by atoms with E-state index in [0.29, 0.717) is 25.9 Å². The van der Waals surface area contributed by atoms with Crippen LogP contribution in [0.2, 0.25) is 0 Å². The molecular formula is C17H26N2O3S2. The average molecular weight is 371 g/mol. The zero-order chi connectivity index (χ0) is 17.4. The summed E-state index contributed by atoms with van der Waals surface area (Å²) in [4.78, 5) is 13.5. The first kappa shape index (κ1) is 19.3. The molecule has 0 radical (unpaired) electrons. The number of thioether (sulfide) groups is 1. The van der Waals surface area contributed by atoms with Crippen molar-refractivity contribution in [1.82, 2.24) is 9.62 Å². The number of benzene rings is 1. The van der Waals surface area contributed by atoms with E-state index < -0.39 is 16.1 Å². The molecule has 0 spiro atoms.